The van der Waals surface area contributed by atoms with E-state index in [1.807, 2.05) is 12.1 Å². The van der Waals surface area contributed by atoms with Crippen LogP contribution < -0.4 is 5.73 Å². The highest BCUT2D eigenvalue weighted by Crippen LogP contribution is 2.29. The van der Waals surface area contributed by atoms with Crippen LogP contribution in [0.2, 0.25) is 0 Å². The lowest BCUT2D eigenvalue weighted by atomic mass is 10.2. The standard InChI is InChI=1S/C14H21BrN2OS/c1-10(2)17-5-6-18-12(8-17)9-19-14-4-3-11(15)7-13(14)16/h3-4,7,10,12H,5-6,8-9,16H2,1-2H3. The van der Waals surface area contributed by atoms with Crippen LogP contribution in [0.15, 0.2) is 27.6 Å². The van der Waals surface area contributed by atoms with Gasteiger partial charge < -0.3 is 10.5 Å². The molecule has 1 saturated heterocycles. The molecule has 1 unspecified atom stereocenters. The maximum Gasteiger partial charge on any atom is 0.0796 e. The fourth-order valence-corrected chi connectivity index (χ4v) is 3.48. The zero-order valence-electron chi connectivity index (χ0n) is 11.4. The first kappa shape index (κ1) is 15.2. The van der Waals surface area contributed by atoms with Crippen LogP contribution in [0.1, 0.15) is 13.8 Å². The second-order valence-electron chi connectivity index (χ2n) is 5.07. The number of benzene rings is 1. The molecular weight excluding hydrogens is 324 g/mol. The van der Waals surface area contributed by atoms with Crippen LogP contribution in [0, 0.1) is 0 Å². The minimum atomic E-state index is 0.296. The molecule has 0 amide bonds. The lowest BCUT2D eigenvalue weighted by molar-refractivity contribution is -0.0265. The fraction of sp³-hybridized carbons (Fsp3) is 0.571. The molecule has 0 bridgehead atoms. The van der Waals surface area contributed by atoms with Crippen molar-refractivity contribution in [1.82, 2.24) is 4.90 Å². The topological polar surface area (TPSA) is 38.5 Å². The van der Waals surface area contributed by atoms with Gasteiger partial charge in [-0.25, -0.2) is 0 Å². The first-order chi connectivity index (χ1) is 9.06. The van der Waals surface area contributed by atoms with Gasteiger partial charge in [-0.15, -0.1) is 11.8 Å². The minimum Gasteiger partial charge on any atom is -0.398 e. The Morgan fingerprint density at radius 2 is 2.32 bits per heavy atom. The molecule has 19 heavy (non-hydrogen) atoms. The summed E-state index contributed by atoms with van der Waals surface area (Å²) in [5, 5.41) is 0. The van der Waals surface area contributed by atoms with E-state index in [0.717, 1.165) is 40.5 Å². The number of ether oxygens (including phenoxy) is 1. The average Bonchev–Trinajstić information content (AvgIpc) is 2.38. The maximum absolute atomic E-state index is 6.01. The molecule has 0 spiro atoms. The molecule has 2 N–H and O–H groups in total. The van der Waals surface area contributed by atoms with E-state index in [9.17, 15) is 0 Å². The van der Waals surface area contributed by atoms with Gasteiger partial charge in [0.15, 0.2) is 0 Å². The summed E-state index contributed by atoms with van der Waals surface area (Å²) in [5.41, 5.74) is 6.84. The number of nitrogens with zero attached hydrogens (tertiary/aromatic N) is 1. The van der Waals surface area contributed by atoms with E-state index in [1.54, 1.807) is 11.8 Å². The molecule has 1 aromatic carbocycles. The Labute approximate surface area is 128 Å². The summed E-state index contributed by atoms with van der Waals surface area (Å²) in [7, 11) is 0. The van der Waals surface area contributed by atoms with Crippen molar-refractivity contribution >= 4 is 33.4 Å². The second kappa shape index (κ2) is 6.97. The summed E-state index contributed by atoms with van der Waals surface area (Å²) in [6.45, 7) is 7.37. The van der Waals surface area contributed by atoms with Crippen molar-refractivity contribution in [3.63, 3.8) is 0 Å². The molecule has 0 aliphatic carbocycles. The Kier molecular flexibility index (Phi) is 5.57. The van der Waals surface area contributed by atoms with Crippen molar-refractivity contribution in [1.29, 1.82) is 0 Å². The van der Waals surface area contributed by atoms with Gasteiger partial charge in [0.25, 0.3) is 0 Å². The Hall–Kier alpha value is -0.230. The molecule has 0 saturated carbocycles. The quantitative estimate of drug-likeness (QED) is 0.672. The van der Waals surface area contributed by atoms with Gasteiger partial charge in [0.05, 0.1) is 12.7 Å². The smallest absolute Gasteiger partial charge is 0.0796 e. The van der Waals surface area contributed by atoms with Crippen LogP contribution in [-0.2, 0) is 4.74 Å². The third-order valence-electron chi connectivity index (χ3n) is 3.30. The van der Waals surface area contributed by atoms with Gasteiger partial charge >= 0.3 is 0 Å². The molecule has 1 fully saturated rings. The van der Waals surface area contributed by atoms with E-state index in [2.05, 4.69) is 40.7 Å². The van der Waals surface area contributed by atoms with Crippen molar-refractivity contribution in [2.45, 2.75) is 30.9 Å². The van der Waals surface area contributed by atoms with Crippen molar-refractivity contribution in [3.05, 3.63) is 22.7 Å². The zero-order chi connectivity index (χ0) is 13.8. The molecule has 106 valence electrons. The minimum absolute atomic E-state index is 0.296. The Bertz CT molecular complexity index is 428. The van der Waals surface area contributed by atoms with E-state index < -0.39 is 0 Å². The first-order valence-corrected chi connectivity index (χ1v) is 8.37. The lowest BCUT2D eigenvalue weighted by Gasteiger charge is -2.35. The third-order valence-corrected chi connectivity index (χ3v) is 5.01. The second-order valence-corrected chi connectivity index (χ2v) is 7.05. The molecule has 2 rings (SSSR count). The number of morpholine rings is 1. The molecule has 0 aromatic heterocycles. The normalized spacial score (nSPS) is 20.9. The Morgan fingerprint density at radius 3 is 3.00 bits per heavy atom. The number of thioether (sulfide) groups is 1. The lowest BCUT2D eigenvalue weighted by Crippen LogP contribution is -2.46. The number of nitrogens with two attached hydrogens (primary N) is 1. The molecule has 1 atom stereocenters. The maximum atomic E-state index is 6.01. The molecular formula is C14H21BrN2OS. The van der Waals surface area contributed by atoms with Gasteiger partial charge in [0, 0.05) is 39.9 Å². The molecule has 1 aliphatic rings. The zero-order valence-corrected chi connectivity index (χ0v) is 13.8. The van der Waals surface area contributed by atoms with E-state index in [0.29, 0.717) is 12.1 Å². The van der Waals surface area contributed by atoms with Crippen molar-refractivity contribution in [3.8, 4) is 0 Å². The SMILES string of the molecule is CC(C)N1CCOC(CSc2ccc(Br)cc2N)C1. The van der Waals surface area contributed by atoms with Crippen LogP contribution >= 0.6 is 27.7 Å². The monoisotopic (exact) mass is 344 g/mol. The predicted octanol–water partition coefficient (Wildman–Crippen LogP) is 3.23. The van der Waals surface area contributed by atoms with Crippen LogP contribution in [-0.4, -0.2) is 42.5 Å². The van der Waals surface area contributed by atoms with E-state index in [-0.39, 0.29) is 0 Å². The molecule has 1 heterocycles. The number of halogens is 1. The summed E-state index contributed by atoms with van der Waals surface area (Å²) >= 11 is 5.21. The Balaban J connectivity index is 1.88. The molecule has 1 aromatic rings. The van der Waals surface area contributed by atoms with E-state index >= 15 is 0 Å². The number of hydrogen-bond acceptors (Lipinski definition) is 4. The third kappa shape index (κ3) is 4.38. The van der Waals surface area contributed by atoms with Crippen LogP contribution in [0.5, 0.6) is 0 Å². The highest BCUT2D eigenvalue weighted by Gasteiger charge is 2.22. The van der Waals surface area contributed by atoms with Gasteiger partial charge in [-0.2, -0.15) is 0 Å². The van der Waals surface area contributed by atoms with Crippen molar-refractivity contribution in [2.75, 3.05) is 31.2 Å². The van der Waals surface area contributed by atoms with Crippen molar-refractivity contribution < 1.29 is 4.74 Å². The average molecular weight is 345 g/mol. The summed E-state index contributed by atoms with van der Waals surface area (Å²) < 4.78 is 6.85. The fourth-order valence-electron chi connectivity index (χ4n) is 2.15. The van der Waals surface area contributed by atoms with Crippen LogP contribution in [0.4, 0.5) is 5.69 Å². The number of rotatable bonds is 4. The van der Waals surface area contributed by atoms with Gasteiger partial charge in [-0.05, 0) is 32.0 Å². The van der Waals surface area contributed by atoms with Crippen LogP contribution in [0.25, 0.3) is 0 Å². The number of anilines is 1. The highest BCUT2D eigenvalue weighted by molar-refractivity contribution is 9.10. The first-order valence-electron chi connectivity index (χ1n) is 6.59. The summed E-state index contributed by atoms with van der Waals surface area (Å²) in [6, 6.07) is 6.63. The highest BCUT2D eigenvalue weighted by atomic mass is 79.9. The summed E-state index contributed by atoms with van der Waals surface area (Å²) in [6.07, 6.45) is 0.296. The molecule has 5 heteroatoms. The van der Waals surface area contributed by atoms with Gasteiger partial charge in [0.1, 0.15) is 0 Å². The molecule has 0 radical (unpaired) electrons. The van der Waals surface area contributed by atoms with E-state index in [1.165, 1.54) is 0 Å². The van der Waals surface area contributed by atoms with Gasteiger partial charge in [-0.3, -0.25) is 4.90 Å². The van der Waals surface area contributed by atoms with Crippen LogP contribution in [0.3, 0.4) is 0 Å². The number of hydrogen-bond donors (Lipinski definition) is 1. The predicted molar refractivity (Wildman–Crippen MR) is 85.7 cm³/mol. The van der Waals surface area contributed by atoms with E-state index in [4.69, 9.17) is 10.5 Å². The van der Waals surface area contributed by atoms with Gasteiger partial charge in [-0.1, -0.05) is 15.9 Å². The Morgan fingerprint density at radius 1 is 1.53 bits per heavy atom. The number of nitrogen functional groups attached to an aromatic ring is 1. The summed E-state index contributed by atoms with van der Waals surface area (Å²) in [4.78, 5) is 3.60. The van der Waals surface area contributed by atoms with Crippen molar-refractivity contribution in [2.24, 2.45) is 0 Å². The molecule has 3 nitrogen and oxygen atoms in total. The molecule has 1 aliphatic heterocycles. The van der Waals surface area contributed by atoms with Gasteiger partial charge in [0.2, 0.25) is 0 Å². The largest absolute Gasteiger partial charge is 0.398 e. The summed E-state index contributed by atoms with van der Waals surface area (Å²) in [5.74, 6) is 0.953.